The minimum absolute atomic E-state index is 0.478. The predicted molar refractivity (Wildman–Crippen MR) is 83.0 cm³/mol. The molecule has 0 aromatic carbocycles. The van der Waals surface area contributed by atoms with Gasteiger partial charge in [-0.2, -0.15) is 0 Å². The molecule has 2 aliphatic rings. The highest BCUT2D eigenvalue weighted by molar-refractivity contribution is 4.99. The average molecular weight is 264 g/mol. The zero-order chi connectivity index (χ0) is 13.9. The highest BCUT2D eigenvalue weighted by Crippen LogP contribution is 2.40. The molecular formula is C17H32N2. The lowest BCUT2D eigenvalue weighted by molar-refractivity contribution is 0.131. The fourth-order valence-corrected chi connectivity index (χ4v) is 3.84. The largest absolute Gasteiger partial charge is 0.329 e. The smallest absolute Gasteiger partial charge is 0.0221 e. The van der Waals surface area contributed by atoms with Crippen LogP contribution in [0.3, 0.4) is 0 Å². The van der Waals surface area contributed by atoms with E-state index >= 15 is 0 Å². The molecule has 0 aliphatic heterocycles. The number of nitrogens with one attached hydrogen (secondary N) is 1. The van der Waals surface area contributed by atoms with Crippen LogP contribution in [0.25, 0.3) is 0 Å². The van der Waals surface area contributed by atoms with Crippen molar-refractivity contribution in [3.8, 4) is 0 Å². The Labute approximate surface area is 119 Å². The van der Waals surface area contributed by atoms with Crippen molar-refractivity contribution >= 4 is 0 Å². The molecule has 0 amide bonds. The monoisotopic (exact) mass is 264 g/mol. The van der Waals surface area contributed by atoms with Crippen LogP contribution in [0.15, 0.2) is 12.2 Å². The van der Waals surface area contributed by atoms with Gasteiger partial charge in [-0.15, -0.1) is 0 Å². The molecule has 2 heteroatoms. The highest BCUT2D eigenvalue weighted by Gasteiger charge is 2.33. The summed E-state index contributed by atoms with van der Waals surface area (Å²) in [5, 5.41) is 3.80. The highest BCUT2D eigenvalue weighted by atomic mass is 15.0. The second kappa shape index (κ2) is 6.41. The van der Waals surface area contributed by atoms with E-state index in [0.29, 0.717) is 17.5 Å². The Balaban J connectivity index is 1.81. The van der Waals surface area contributed by atoms with Gasteiger partial charge in [-0.3, -0.25) is 0 Å². The van der Waals surface area contributed by atoms with Crippen molar-refractivity contribution in [1.82, 2.24) is 5.32 Å². The Bertz CT molecular complexity index is 287. The molecule has 1 saturated carbocycles. The van der Waals surface area contributed by atoms with E-state index in [4.69, 9.17) is 5.73 Å². The molecule has 19 heavy (non-hydrogen) atoms. The molecule has 3 N–H and O–H groups in total. The number of hydrogen-bond acceptors (Lipinski definition) is 2. The van der Waals surface area contributed by atoms with E-state index < -0.39 is 0 Å². The summed E-state index contributed by atoms with van der Waals surface area (Å²) in [6, 6.07) is 1.18. The van der Waals surface area contributed by atoms with E-state index in [0.717, 1.165) is 18.4 Å². The average Bonchev–Trinajstić information content (AvgIpc) is 2.88. The van der Waals surface area contributed by atoms with Crippen molar-refractivity contribution < 1.29 is 0 Å². The van der Waals surface area contributed by atoms with Crippen LogP contribution in [-0.2, 0) is 0 Å². The lowest BCUT2D eigenvalue weighted by Gasteiger charge is -2.40. The SMILES string of the molecule is CC(C)(C)C1CCC(C(CN)NC2CC=CC2)CC1. The normalized spacial score (nSPS) is 30.7. The van der Waals surface area contributed by atoms with Crippen LogP contribution in [0.4, 0.5) is 0 Å². The van der Waals surface area contributed by atoms with E-state index in [2.05, 4.69) is 38.2 Å². The maximum absolute atomic E-state index is 6.02. The first-order chi connectivity index (χ1) is 9.00. The van der Waals surface area contributed by atoms with E-state index in [1.165, 1.54) is 38.5 Å². The summed E-state index contributed by atoms with van der Waals surface area (Å²) in [4.78, 5) is 0. The van der Waals surface area contributed by atoms with Gasteiger partial charge in [0.05, 0.1) is 0 Å². The topological polar surface area (TPSA) is 38.0 Å². The fourth-order valence-electron chi connectivity index (χ4n) is 3.84. The summed E-state index contributed by atoms with van der Waals surface area (Å²) in [5.41, 5.74) is 6.50. The van der Waals surface area contributed by atoms with Gasteiger partial charge in [-0.25, -0.2) is 0 Å². The van der Waals surface area contributed by atoms with Crippen molar-refractivity contribution in [2.45, 2.75) is 71.4 Å². The van der Waals surface area contributed by atoms with Gasteiger partial charge in [0, 0.05) is 18.6 Å². The Hall–Kier alpha value is -0.340. The molecule has 0 bridgehead atoms. The number of nitrogens with two attached hydrogens (primary N) is 1. The van der Waals surface area contributed by atoms with Crippen LogP contribution in [0, 0.1) is 17.3 Å². The second-order valence-electron chi connectivity index (χ2n) is 7.63. The Kier molecular flexibility index (Phi) is 5.08. The molecule has 110 valence electrons. The molecule has 1 atom stereocenters. The minimum atomic E-state index is 0.478. The van der Waals surface area contributed by atoms with Crippen molar-refractivity contribution in [3.05, 3.63) is 12.2 Å². The van der Waals surface area contributed by atoms with Gasteiger partial charge in [0.15, 0.2) is 0 Å². The maximum atomic E-state index is 6.02. The molecule has 0 spiro atoms. The van der Waals surface area contributed by atoms with Gasteiger partial charge in [0.1, 0.15) is 0 Å². The van der Waals surface area contributed by atoms with E-state index in [1.54, 1.807) is 0 Å². The van der Waals surface area contributed by atoms with Crippen LogP contribution in [0.2, 0.25) is 0 Å². The van der Waals surface area contributed by atoms with E-state index in [9.17, 15) is 0 Å². The van der Waals surface area contributed by atoms with Gasteiger partial charge < -0.3 is 11.1 Å². The molecular weight excluding hydrogens is 232 g/mol. The maximum Gasteiger partial charge on any atom is 0.0221 e. The lowest BCUT2D eigenvalue weighted by Crippen LogP contribution is -2.47. The molecule has 0 saturated heterocycles. The summed E-state index contributed by atoms with van der Waals surface area (Å²) < 4.78 is 0. The van der Waals surface area contributed by atoms with E-state index in [-0.39, 0.29) is 0 Å². The zero-order valence-electron chi connectivity index (χ0n) is 13.0. The quantitative estimate of drug-likeness (QED) is 0.763. The van der Waals surface area contributed by atoms with Crippen molar-refractivity contribution in [3.63, 3.8) is 0 Å². The van der Waals surface area contributed by atoms with Crippen LogP contribution in [0.5, 0.6) is 0 Å². The summed E-state index contributed by atoms with van der Waals surface area (Å²) >= 11 is 0. The summed E-state index contributed by atoms with van der Waals surface area (Å²) in [7, 11) is 0. The Morgan fingerprint density at radius 1 is 1.11 bits per heavy atom. The lowest BCUT2D eigenvalue weighted by atomic mass is 9.68. The van der Waals surface area contributed by atoms with Crippen LogP contribution in [-0.4, -0.2) is 18.6 Å². The van der Waals surface area contributed by atoms with E-state index in [1.807, 2.05) is 0 Å². The first kappa shape index (κ1) is 15.1. The minimum Gasteiger partial charge on any atom is -0.329 e. The fraction of sp³-hybridized carbons (Fsp3) is 0.882. The Morgan fingerprint density at radius 3 is 2.16 bits per heavy atom. The summed E-state index contributed by atoms with van der Waals surface area (Å²) in [6.45, 7) is 7.96. The first-order valence-electron chi connectivity index (χ1n) is 8.12. The second-order valence-corrected chi connectivity index (χ2v) is 7.63. The molecule has 2 nitrogen and oxygen atoms in total. The molecule has 2 rings (SSSR count). The molecule has 0 radical (unpaired) electrons. The summed E-state index contributed by atoms with van der Waals surface area (Å²) in [5.74, 6) is 1.69. The Morgan fingerprint density at radius 2 is 1.68 bits per heavy atom. The third-order valence-electron chi connectivity index (χ3n) is 5.28. The van der Waals surface area contributed by atoms with Crippen molar-refractivity contribution in [1.29, 1.82) is 0 Å². The van der Waals surface area contributed by atoms with Crippen LogP contribution < -0.4 is 11.1 Å². The molecule has 1 unspecified atom stereocenters. The van der Waals surface area contributed by atoms with Gasteiger partial charge in [-0.1, -0.05) is 32.9 Å². The molecule has 0 aromatic heterocycles. The van der Waals surface area contributed by atoms with Crippen molar-refractivity contribution in [2.75, 3.05) is 6.54 Å². The standard InChI is InChI=1S/C17H32N2/c1-17(2,3)14-10-8-13(9-11-14)16(12-18)19-15-6-4-5-7-15/h4-5,13-16,19H,6-12,18H2,1-3H3. The first-order valence-corrected chi connectivity index (χ1v) is 8.12. The molecule has 0 aromatic rings. The van der Waals surface area contributed by atoms with Crippen LogP contribution in [0.1, 0.15) is 59.3 Å². The van der Waals surface area contributed by atoms with Gasteiger partial charge in [0.25, 0.3) is 0 Å². The van der Waals surface area contributed by atoms with Crippen LogP contribution >= 0.6 is 0 Å². The molecule has 2 aliphatic carbocycles. The number of hydrogen-bond donors (Lipinski definition) is 2. The predicted octanol–water partition coefficient (Wildman–Crippen LogP) is 3.47. The van der Waals surface area contributed by atoms with Gasteiger partial charge in [-0.05, 0) is 55.8 Å². The molecule has 1 fully saturated rings. The van der Waals surface area contributed by atoms with Gasteiger partial charge in [0.2, 0.25) is 0 Å². The van der Waals surface area contributed by atoms with Gasteiger partial charge >= 0.3 is 0 Å². The van der Waals surface area contributed by atoms with Crippen molar-refractivity contribution in [2.24, 2.45) is 23.0 Å². The number of rotatable bonds is 4. The third-order valence-corrected chi connectivity index (χ3v) is 5.28. The zero-order valence-corrected chi connectivity index (χ0v) is 13.0. The molecule has 0 heterocycles. The summed E-state index contributed by atoms with van der Waals surface area (Å²) in [6.07, 6.45) is 12.4. The third kappa shape index (κ3) is 4.06.